The maximum atomic E-state index is 13.8. The zero-order chi connectivity index (χ0) is 28.6. The van der Waals surface area contributed by atoms with Crippen LogP contribution in [-0.2, 0) is 4.74 Å². The second kappa shape index (κ2) is 10.7. The normalized spacial score (nSPS) is 14.8. The number of piperazine rings is 1. The largest absolute Gasteiger partial charge is 0.444 e. The summed E-state index contributed by atoms with van der Waals surface area (Å²) in [5, 5.41) is 5.18. The zero-order valence-electron chi connectivity index (χ0n) is 22.9. The van der Waals surface area contributed by atoms with Crippen LogP contribution >= 0.6 is 11.6 Å². The van der Waals surface area contributed by atoms with E-state index in [2.05, 4.69) is 15.3 Å². The minimum atomic E-state index is -0.722. The molecule has 1 aliphatic rings. The third kappa shape index (κ3) is 5.90. The van der Waals surface area contributed by atoms with Crippen LogP contribution in [0.4, 0.5) is 10.6 Å². The molecule has 1 fully saturated rings. The minimum absolute atomic E-state index is 0.00587. The summed E-state index contributed by atoms with van der Waals surface area (Å²) in [6.07, 6.45) is -0.415. The molecular formula is C26H33ClN8O4. The van der Waals surface area contributed by atoms with Crippen molar-refractivity contribution in [2.45, 2.75) is 53.2 Å². The van der Waals surface area contributed by atoms with Crippen molar-refractivity contribution in [1.82, 2.24) is 29.8 Å². The van der Waals surface area contributed by atoms with Crippen LogP contribution in [0.2, 0.25) is 5.02 Å². The summed E-state index contributed by atoms with van der Waals surface area (Å²) in [5.41, 5.74) is 6.59. The number of fused-ring (bicyclic) bond motifs is 1. The van der Waals surface area contributed by atoms with Gasteiger partial charge in [-0.1, -0.05) is 17.7 Å². The second-order valence-electron chi connectivity index (χ2n) is 10.5. The molecule has 1 aliphatic heterocycles. The van der Waals surface area contributed by atoms with Crippen molar-refractivity contribution in [3.8, 4) is 0 Å². The van der Waals surface area contributed by atoms with E-state index in [1.54, 1.807) is 48.9 Å². The third-order valence-corrected chi connectivity index (χ3v) is 6.64. The number of aromatic nitrogens is 4. The lowest BCUT2D eigenvalue weighted by Crippen LogP contribution is -2.57. The summed E-state index contributed by atoms with van der Waals surface area (Å²) in [4.78, 5) is 54.3. The molecule has 1 aromatic carbocycles. The molecule has 2 amide bonds. The van der Waals surface area contributed by atoms with Crippen molar-refractivity contribution >= 4 is 40.3 Å². The van der Waals surface area contributed by atoms with Crippen LogP contribution in [0.25, 0.3) is 10.9 Å². The van der Waals surface area contributed by atoms with Crippen molar-refractivity contribution in [3.63, 3.8) is 0 Å². The number of aryl methyl sites for hydroxylation is 2. The Morgan fingerprint density at radius 3 is 2.36 bits per heavy atom. The van der Waals surface area contributed by atoms with Gasteiger partial charge in [0.2, 0.25) is 0 Å². The van der Waals surface area contributed by atoms with Crippen LogP contribution in [0.3, 0.4) is 0 Å². The number of hydrogen-bond donors (Lipinski definition) is 2. The van der Waals surface area contributed by atoms with Crippen LogP contribution < -0.4 is 21.6 Å². The molecule has 1 atom stereocenters. The molecule has 3 aromatic rings. The standard InChI is InChI=1S/C26H33ClN8O4/c1-14-15(2)30-21(28)20(29-14)23(36)31-16(3)22-32-18-9-7-8-17(27)19(18)24(37)35(22)34-12-10-33(11-13-34)25(38)39-26(4,5)6/h7-9,16H,10-13H2,1-6H3,(H2,28,30)(H,31,36)/t16-/m0/s1. The van der Waals surface area contributed by atoms with Crippen molar-refractivity contribution in [2.75, 3.05) is 36.9 Å². The molecule has 3 N–H and O–H groups in total. The molecule has 0 radical (unpaired) electrons. The molecule has 13 heteroatoms. The van der Waals surface area contributed by atoms with E-state index in [0.29, 0.717) is 48.9 Å². The van der Waals surface area contributed by atoms with E-state index in [9.17, 15) is 14.4 Å². The number of nitrogen functional groups attached to an aromatic ring is 1. The summed E-state index contributed by atoms with van der Waals surface area (Å²) >= 11 is 6.40. The fourth-order valence-corrected chi connectivity index (χ4v) is 4.52. The van der Waals surface area contributed by atoms with Crippen LogP contribution in [-0.4, -0.2) is 68.3 Å². The van der Waals surface area contributed by atoms with E-state index in [1.165, 1.54) is 4.68 Å². The molecule has 12 nitrogen and oxygen atoms in total. The Hall–Kier alpha value is -3.93. The van der Waals surface area contributed by atoms with Gasteiger partial charge in [0.1, 0.15) is 5.60 Å². The van der Waals surface area contributed by atoms with Crippen molar-refractivity contribution in [3.05, 3.63) is 56.5 Å². The lowest BCUT2D eigenvalue weighted by Gasteiger charge is -2.38. The van der Waals surface area contributed by atoms with Gasteiger partial charge in [-0.15, -0.1) is 0 Å². The van der Waals surface area contributed by atoms with Crippen LogP contribution in [0.15, 0.2) is 23.0 Å². The summed E-state index contributed by atoms with van der Waals surface area (Å²) in [5.74, 6) is -0.238. The topological polar surface area (TPSA) is 149 Å². The van der Waals surface area contributed by atoms with Crippen molar-refractivity contribution < 1.29 is 14.3 Å². The SMILES string of the molecule is Cc1nc(N)c(C(=O)N[C@@H](C)c2nc3cccc(Cl)c3c(=O)n2N2CCN(C(=O)OC(C)(C)C)CC2)nc1C. The Kier molecular flexibility index (Phi) is 7.69. The molecule has 1 saturated heterocycles. The number of halogens is 1. The summed E-state index contributed by atoms with van der Waals surface area (Å²) in [6, 6.07) is 4.31. The van der Waals surface area contributed by atoms with Crippen LogP contribution in [0, 0.1) is 13.8 Å². The fourth-order valence-electron chi connectivity index (χ4n) is 4.27. The highest BCUT2D eigenvalue weighted by molar-refractivity contribution is 6.35. The Morgan fingerprint density at radius 2 is 1.72 bits per heavy atom. The molecule has 0 saturated carbocycles. The number of rotatable bonds is 4. The quantitative estimate of drug-likeness (QED) is 0.494. The van der Waals surface area contributed by atoms with E-state index >= 15 is 0 Å². The number of nitrogens with two attached hydrogens (primary N) is 1. The average Bonchev–Trinajstić information content (AvgIpc) is 2.85. The molecule has 39 heavy (non-hydrogen) atoms. The Bertz CT molecular complexity index is 1490. The first kappa shape index (κ1) is 28.1. The van der Waals surface area contributed by atoms with E-state index in [-0.39, 0.29) is 27.5 Å². The van der Waals surface area contributed by atoms with Crippen molar-refractivity contribution in [1.29, 1.82) is 0 Å². The van der Waals surface area contributed by atoms with Gasteiger partial charge in [-0.2, -0.15) is 0 Å². The first-order valence-corrected chi connectivity index (χ1v) is 13.0. The Morgan fingerprint density at radius 1 is 1.08 bits per heavy atom. The smallest absolute Gasteiger partial charge is 0.410 e. The summed E-state index contributed by atoms with van der Waals surface area (Å²) in [6.45, 7) is 12.0. The Labute approximate surface area is 231 Å². The lowest BCUT2D eigenvalue weighted by atomic mass is 10.2. The van der Waals surface area contributed by atoms with Gasteiger partial charge >= 0.3 is 6.09 Å². The third-order valence-electron chi connectivity index (χ3n) is 6.32. The number of amides is 2. The van der Waals surface area contributed by atoms with Gasteiger partial charge in [-0.3, -0.25) is 9.59 Å². The van der Waals surface area contributed by atoms with Gasteiger partial charge in [0, 0.05) is 13.1 Å². The highest BCUT2D eigenvalue weighted by Gasteiger charge is 2.30. The van der Waals surface area contributed by atoms with E-state index in [0.717, 1.165) is 0 Å². The van der Waals surface area contributed by atoms with E-state index in [1.807, 2.05) is 20.8 Å². The van der Waals surface area contributed by atoms with Gasteiger partial charge in [-0.05, 0) is 53.7 Å². The molecule has 3 heterocycles. The molecular weight excluding hydrogens is 524 g/mol. The molecule has 0 spiro atoms. The lowest BCUT2D eigenvalue weighted by molar-refractivity contribution is 0.0231. The molecule has 208 valence electrons. The van der Waals surface area contributed by atoms with Crippen LogP contribution in [0.5, 0.6) is 0 Å². The molecule has 0 bridgehead atoms. The van der Waals surface area contributed by atoms with Gasteiger partial charge in [0.05, 0.1) is 46.4 Å². The molecule has 4 rings (SSSR count). The minimum Gasteiger partial charge on any atom is -0.444 e. The van der Waals surface area contributed by atoms with Crippen molar-refractivity contribution in [2.24, 2.45) is 0 Å². The van der Waals surface area contributed by atoms with E-state index in [4.69, 9.17) is 27.1 Å². The molecule has 0 aliphatic carbocycles. The van der Waals surface area contributed by atoms with Crippen LogP contribution in [0.1, 0.15) is 61.4 Å². The number of nitrogens with one attached hydrogen (secondary N) is 1. The second-order valence-corrected chi connectivity index (χ2v) is 10.9. The van der Waals surface area contributed by atoms with E-state index < -0.39 is 23.6 Å². The fraction of sp³-hybridized carbons (Fsp3) is 0.462. The number of ether oxygens (including phenoxy) is 1. The maximum Gasteiger partial charge on any atom is 0.410 e. The first-order chi connectivity index (χ1) is 18.3. The van der Waals surface area contributed by atoms with Gasteiger partial charge in [0.15, 0.2) is 17.3 Å². The van der Waals surface area contributed by atoms with Gasteiger partial charge < -0.3 is 25.7 Å². The number of carbonyl (C=O) groups is 2. The predicted molar refractivity (Wildman–Crippen MR) is 149 cm³/mol. The number of hydrogen-bond acceptors (Lipinski definition) is 9. The number of carbonyl (C=O) groups excluding carboxylic acids is 2. The number of anilines is 1. The predicted octanol–water partition coefficient (Wildman–Crippen LogP) is 2.72. The number of benzene rings is 1. The molecule has 0 unspecified atom stereocenters. The first-order valence-electron chi connectivity index (χ1n) is 12.6. The zero-order valence-corrected chi connectivity index (χ0v) is 23.7. The summed E-state index contributed by atoms with van der Waals surface area (Å²) < 4.78 is 6.92. The maximum absolute atomic E-state index is 13.8. The molecule has 2 aromatic heterocycles. The highest BCUT2D eigenvalue weighted by atomic mass is 35.5. The van der Waals surface area contributed by atoms with Gasteiger partial charge in [0.25, 0.3) is 11.5 Å². The summed E-state index contributed by atoms with van der Waals surface area (Å²) in [7, 11) is 0. The average molecular weight is 557 g/mol. The highest BCUT2D eigenvalue weighted by Crippen LogP contribution is 2.22. The number of nitrogens with zero attached hydrogens (tertiary/aromatic N) is 6. The monoisotopic (exact) mass is 556 g/mol. The Balaban J connectivity index is 1.68. The van der Waals surface area contributed by atoms with Gasteiger partial charge in [-0.25, -0.2) is 24.4 Å².